The van der Waals surface area contributed by atoms with Gasteiger partial charge in [-0.2, -0.15) is 10.5 Å². The summed E-state index contributed by atoms with van der Waals surface area (Å²) in [5.74, 6) is 0.606. The Kier molecular flexibility index (Phi) is 6.48. The van der Waals surface area contributed by atoms with Gasteiger partial charge in [0.2, 0.25) is 0 Å². The molecular weight excluding hydrogens is 282 g/mol. The van der Waals surface area contributed by atoms with Gasteiger partial charge < -0.3 is 4.90 Å². The summed E-state index contributed by atoms with van der Waals surface area (Å²) in [5.41, 5.74) is 3.92. The summed E-state index contributed by atoms with van der Waals surface area (Å²) in [6.45, 7) is 3.36. The molecule has 3 heteroatoms. The van der Waals surface area contributed by atoms with Gasteiger partial charge >= 0.3 is 0 Å². The molecule has 0 fully saturated rings. The van der Waals surface area contributed by atoms with Gasteiger partial charge in [0, 0.05) is 19.3 Å². The van der Waals surface area contributed by atoms with Crippen molar-refractivity contribution >= 4 is 0 Å². The van der Waals surface area contributed by atoms with Crippen LogP contribution in [0, 0.1) is 28.6 Å². The fourth-order valence-corrected chi connectivity index (χ4v) is 3.53. The lowest BCUT2D eigenvalue weighted by molar-refractivity contribution is 0.360. The molecule has 0 aromatic carbocycles. The van der Waals surface area contributed by atoms with Crippen molar-refractivity contribution in [2.45, 2.75) is 58.3 Å². The first-order valence-electron chi connectivity index (χ1n) is 8.86. The van der Waals surface area contributed by atoms with Crippen molar-refractivity contribution in [1.29, 1.82) is 10.5 Å². The molecule has 0 spiro atoms. The fourth-order valence-electron chi connectivity index (χ4n) is 3.53. The SMILES string of the molecule is CCCCCCN(C)C1=CC2=CC(=C(C#N)C#N)CCC2CC1. The molecule has 0 heterocycles. The van der Waals surface area contributed by atoms with Crippen LogP contribution in [0.25, 0.3) is 0 Å². The number of rotatable bonds is 6. The van der Waals surface area contributed by atoms with Crippen molar-refractivity contribution in [2.75, 3.05) is 13.6 Å². The minimum atomic E-state index is 0.282. The molecule has 1 atom stereocenters. The number of unbranched alkanes of at least 4 members (excludes halogenated alkanes) is 3. The highest BCUT2D eigenvalue weighted by Gasteiger charge is 2.25. The Hall–Kier alpha value is -2.00. The Balaban J connectivity index is 2.10. The number of hydrogen-bond donors (Lipinski definition) is 0. The highest BCUT2D eigenvalue weighted by atomic mass is 15.1. The lowest BCUT2D eigenvalue weighted by Crippen LogP contribution is -2.24. The summed E-state index contributed by atoms with van der Waals surface area (Å²) in [6.07, 6.45) is 13.8. The molecular formula is C20H27N3. The van der Waals surface area contributed by atoms with Gasteiger partial charge in [0.25, 0.3) is 0 Å². The van der Waals surface area contributed by atoms with Crippen LogP contribution < -0.4 is 0 Å². The van der Waals surface area contributed by atoms with Crippen LogP contribution in [0.4, 0.5) is 0 Å². The Bertz CT molecular complexity index is 579. The lowest BCUT2D eigenvalue weighted by Gasteiger charge is -2.33. The maximum Gasteiger partial charge on any atom is 0.132 e. The van der Waals surface area contributed by atoms with Crippen molar-refractivity contribution in [1.82, 2.24) is 4.90 Å². The first-order chi connectivity index (χ1) is 11.2. The van der Waals surface area contributed by atoms with Gasteiger partial charge in [-0.3, -0.25) is 0 Å². The van der Waals surface area contributed by atoms with Crippen LogP contribution in [0.3, 0.4) is 0 Å². The standard InChI is InChI=1S/C20H27N3/c1-3-4-5-6-11-23(2)20-10-9-16-7-8-17(12-18(16)13-20)19(14-21)15-22/h12-13,16H,3-11H2,1-2H3. The van der Waals surface area contributed by atoms with Gasteiger partial charge in [0.15, 0.2) is 0 Å². The first kappa shape index (κ1) is 17.4. The molecule has 2 aliphatic rings. The maximum atomic E-state index is 9.07. The van der Waals surface area contributed by atoms with E-state index < -0.39 is 0 Å². The summed E-state index contributed by atoms with van der Waals surface area (Å²) in [6, 6.07) is 4.07. The first-order valence-corrected chi connectivity index (χ1v) is 8.86. The van der Waals surface area contributed by atoms with Crippen LogP contribution in [0.15, 0.2) is 34.6 Å². The molecule has 0 radical (unpaired) electrons. The second kappa shape index (κ2) is 8.59. The molecule has 3 nitrogen and oxygen atoms in total. The minimum Gasteiger partial charge on any atom is -0.378 e. The number of nitrogens with zero attached hydrogens (tertiary/aromatic N) is 3. The third-order valence-corrected chi connectivity index (χ3v) is 5.04. The van der Waals surface area contributed by atoms with E-state index in [2.05, 4.69) is 31.0 Å². The topological polar surface area (TPSA) is 50.8 Å². The van der Waals surface area contributed by atoms with Crippen molar-refractivity contribution in [3.63, 3.8) is 0 Å². The average Bonchev–Trinajstić information content (AvgIpc) is 2.59. The molecule has 122 valence electrons. The van der Waals surface area contributed by atoms with E-state index in [0.717, 1.165) is 31.4 Å². The van der Waals surface area contributed by atoms with Gasteiger partial charge in [-0.05, 0) is 55.2 Å². The van der Waals surface area contributed by atoms with E-state index in [-0.39, 0.29) is 5.57 Å². The molecule has 0 bridgehead atoms. The zero-order valence-electron chi connectivity index (χ0n) is 14.4. The van der Waals surface area contributed by atoms with Crippen LogP contribution in [0.1, 0.15) is 58.3 Å². The maximum absolute atomic E-state index is 9.07. The minimum absolute atomic E-state index is 0.282. The molecule has 23 heavy (non-hydrogen) atoms. The average molecular weight is 309 g/mol. The Labute approximate surface area is 140 Å². The molecule has 2 aliphatic carbocycles. The number of nitriles is 2. The molecule has 0 saturated heterocycles. The number of fused-ring (bicyclic) bond motifs is 1. The third kappa shape index (κ3) is 4.49. The zero-order chi connectivity index (χ0) is 16.7. The van der Waals surface area contributed by atoms with Crippen LogP contribution >= 0.6 is 0 Å². The summed E-state index contributed by atoms with van der Waals surface area (Å²) < 4.78 is 0. The summed E-state index contributed by atoms with van der Waals surface area (Å²) in [4.78, 5) is 2.39. The van der Waals surface area contributed by atoms with Gasteiger partial charge in [0.05, 0.1) is 0 Å². The largest absolute Gasteiger partial charge is 0.378 e. The Morgan fingerprint density at radius 3 is 2.57 bits per heavy atom. The van der Waals surface area contributed by atoms with Crippen molar-refractivity contribution in [2.24, 2.45) is 5.92 Å². The number of hydrogen-bond acceptors (Lipinski definition) is 3. The molecule has 0 aromatic heterocycles. The Morgan fingerprint density at radius 1 is 1.13 bits per heavy atom. The normalized spacial score (nSPS) is 19.8. The summed E-state index contributed by atoms with van der Waals surface area (Å²) >= 11 is 0. The zero-order valence-corrected chi connectivity index (χ0v) is 14.4. The van der Waals surface area contributed by atoms with Crippen LogP contribution in [0.5, 0.6) is 0 Å². The molecule has 0 aliphatic heterocycles. The van der Waals surface area contributed by atoms with E-state index in [1.807, 2.05) is 12.1 Å². The van der Waals surface area contributed by atoms with Crippen LogP contribution in [0.2, 0.25) is 0 Å². The molecule has 2 rings (SSSR count). The summed E-state index contributed by atoms with van der Waals surface area (Å²) in [7, 11) is 2.19. The third-order valence-electron chi connectivity index (χ3n) is 5.04. The van der Waals surface area contributed by atoms with Crippen molar-refractivity contribution in [3.05, 3.63) is 34.6 Å². The smallest absolute Gasteiger partial charge is 0.132 e. The molecule has 0 aromatic rings. The Morgan fingerprint density at radius 2 is 1.87 bits per heavy atom. The van der Waals surface area contributed by atoms with E-state index in [1.54, 1.807) is 0 Å². The van der Waals surface area contributed by atoms with Gasteiger partial charge in [-0.1, -0.05) is 32.3 Å². The predicted octanol–water partition coefficient (Wildman–Crippen LogP) is 4.86. The number of allylic oxidation sites excluding steroid dienone is 6. The summed E-state index contributed by atoms with van der Waals surface area (Å²) in [5, 5.41) is 18.1. The van der Waals surface area contributed by atoms with E-state index >= 15 is 0 Å². The van der Waals surface area contributed by atoms with Gasteiger partial charge in [-0.15, -0.1) is 0 Å². The van der Waals surface area contributed by atoms with Crippen molar-refractivity contribution in [3.8, 4) is 12.1 Å². The molecule has 1 unspecified atom stereocenters. The van der Waals surface area contributed by atoms with E-state index in [4.69, 9.17) is 10.5 Å². The molecule has 0 amide bonds. The van der Waals surface area contributed by atoms with E-state index in [0.29, 0.717) is 5.92 Å². The predicted molar refractivity (Wildman–Crippen MR) is 93.1 cm³/mol. The lowest BCUT2D eigenvalue weighted by atomic mass is 9.78. The van der Waals surface area contributed by atoms with E-state index in [9.17, 15) is 0 Å². The fraction of sp³-hybridized carbons (Fsp3) is 0.600. The van der Waals surface area contributed by atoms with Gasteiger partial charge in [0.1, 0.15) is 17.7 Å². The quantitative estimate of drug-likeness (QED) is 0.520. The van der Waals surface area contributed by atoms with Crippen LogP contribution in [-0.4, -0.2) is 18.5 Å². The second-order valence-electron chi connectivity index (χ2n) is 6.66. The van der Waals surface area contributed by atoms with E-state index in [1.165, 1.54) is 43.4 Å². The van der Waals surface area contributed by atoms with Crippen molar-refractivity contribution < 1.29 is 0 Å². The van der Waals surface area contributed by atoms with Crippen LogP contribution in [-0.2, 0) is 0 Å². The highest BCUT2D eigenvalue weighted by Crippen LogP contribution is 2.38. The van der Waals surface area contributed by atoms with Gasteiger partial charge in [-0.25, -0.2) is 0 Å². The monoisotopic (exact) mass is 309 g/mol. The molecule has 0 saturated carbocycles. The molecule has 0 N–H and O–H groups in total. The highest BCUT2D eigenvalue weighted by molar-refractivity contribution is 5.49. The second-order valence-corrected chi connectivity index (χ2v) is 6.66.